The van der Waals surface area contributed by atoms with Crippen LogP contribution in [0.25, 0.3) is 0 Å². The Kier molecular flexibility index (Phi) is 3.88. The van der Waals surface area contributed by atoms with Crippen molar-refractivity contribution >= 4 is 5.78 Å². The van der Waals surface area contributed by atoms with Gasteiger partial charge in [-0.1, -0.05) is 6.07 Å². The lowest BCUT2D eigenvalue weighted by Gasteiger charge is -2.07. The standard InChI is InChI=1S/C15H15F2NO2/c1-9-7-11(10(2)18(9)3)13(19)8-20-14-6-4-5-12(16)15(14)17/h4-7H,8H2,1-3H3. The summed E-state index contributed by atoms with van der Waals surface area (Å²) in [4.78, 5) is 12.0. The number of Topliss-reactive ketones (excluding diaryl/α,β-unsaturated/α-hetero) is 1. The maximum Gasteiger partial charge on any atom is 0.202 e. The zero-order chi connectivity index (χ0) is 14.9. The van der Waals surface area contributed by atoms with Gasteiger partial charge in [0.25, 0.3) is 0 Å². The molecule has 3 nitrogen and oxygen atoms in total. The molecule has 0 fully saturated rings. The molecule has 0 atom stereocenters. The van der Waals surface area contributed by atoms with E-state index >= 15 is 0 Å². The van der Waals surface area contributed by atoms with Gasteiger partial charge in [-0.05, 0) is 32.0 Å². The summed E-state index contributed by atoms with van der Waals surface area (Å²) in [6, 6.07) is 5.36. The second-order valence-corrected chi connectivity index (χ2v) is 4.61. The molecule has 0 aliphatic rings. The molecule has 1 heterocycles. The molecule has 0 spiro atoms. The fourth-order valence-electron chi connectivity index (χ4n) is 1.95. The molecule has 1 aromatic carbocycles. The second-order valence-electron chi connectivity index (χ2n) is 4.61. The van der Waals surface area contributed by atoms with Crippen LogP contribution in [0.3, 0.4) is 0 Å². The highest BCUT2D eigenvalue weighted by Gasteiger charge is 2.16. The average Bonchev–Trinajstić information content (AvgIpc) is 2.68. The van der Waals surface area contributed by atoms with E-state index < -0.39 is 11.6 Å². The molecular formula is C15H15F2NO2. The van der Waals surface area contributed by atoms with Crippen molar-refractivity contribution in [3.8, 4) is 5.75 Å². The zero-order valence-corrected chi connectivity index (χ0v) is 11.5. The molecule has 2 aromatic rings. The van der Waals surface area contributed by atoms with Crippen molar-refractivity contribution in [3.05, 3.63) is 52.9 Å². The fraction of sp³-hybridized carbons (Fsp3) is 0.267. The molecule has 5 heteroatoms. The van der Waals surface area contributed by atoms with Crippen LogP contribution in [0.15, 0.2) is 24.3 Å². The predicted molar refractivity (Wildman–Crippen MR) is 71.1 cm³/mol. The Labute approximate surface area is 115 Å². The molecule has 0 amide bonds. The van der Waals surface area contributed by atoms with Crippen LogP contribution in [0.4, 0.5) is 8.78 Å². The minimum Gasteiger partial charge on any atom is -0.482 e. The van der Waals surface area contributed by atoms with Crippen molar-refractivity contribution in [1.29, 1.82) is 0 Å². The lowest BCUT2D eigenvalue weighted by Crippen LogP contribution is -2.13. The van der Waals surface area contributed by atoms with Gasteiger partial charge in [-0.3, -0.25) is 4.79 Å². The molecule has 0 unspecified atom stereocenters. The third-order valence-corrected chi connectivity index (χ3v) is 3.35. The van der Waals surface area contributed by atoms with Crippen molar-refractivity contribution in [2.45, 2.75) is 13.8 Å². The Balaban J connectivity index is 2.13. The smallest absolute Gasteiger partial charge is 0.202 e. The summed E-state index contributed by atoms with van der Waals surface area (Å²) < 4.78 is 33.3. The predicted octanol–water partition coefficient (Wildman–Crippen LogP) is 3.18. The molecule has 0 N–H and O–H groups in total. The Bertz CT molecular complexity index is 662. The van der Waals surface area contributed by atoms with E-state index in [1.807, 2.05) is 25.5 Å². The summed E-state index contributed by atoms with van der Waals surface area (Å²) in [5, 5.41) is 0. The van der Waals surface area contributed by atoms with Gasteiger partial charge in [0.2, 0.25) is 11.6 Å². The van der Waals surface area contributed by atoms with Gasteiger partial charge in [-0.25, -0.2) is 4.39 Å². The van der Waals surface area contributed by atoms with Gasteiger partial charge in [-0.15, -0.1) is 0 Å². The summed E-state index contributed by atoms with van der Waals surface area (Å²) in [5.41, 5.74) is 2.29. The quantitative estimate of drug-likeness (QED) is 0.805. The molecule has 1 aromatic heterocycles. The largest absolute Gasteiger partial charge is 0.482 e. The van der Waals surface area contributed by atoms with Gasteiger partial charge in [0.1, 0.15) is 0 Å². The van der Waals surface area contributed by atoms with Crippen LogP contribution in [0.1, 0.15) is 21.7 Å². The van der Waals surface area contributed by atoms with E-state index in [1.165, 1.54) is 12.1 Å². The van der Waals surface area contributed by atoms with Crippen molar-refractivity contribution < 1.29 is 18.3 Å². The molecule has 20 heavy (non-hydrogen) atoms. The molecule has 0 aliphatic heterocycles. The number of rotatable bonds is 4. The Morgan fingerprint density at radius 3 is 2.60 bits per heavy atom. The first-order chi connectivity index (χ1) is 9.41. The summed E-state index contributed by atoms with van der Waals surface area (Å²) in [6.07, 6.45) is 0. The first kappa shape index (κ1) is 14.2. The summed E-state index contributed by atoms with van der Waals surface area (Å²) in [5.74, 6) is -2.61. The van der Waals surface area contributed by atoms with E-state index in [0.717, 1.165) is 17.5 Å². The number of hydrogen-bond donors (Lipinski definition) is 0. The number of carbonyl (C=O) groups excluding carboxylic acids is 1. The minimum absolute atomic E-state index is 0.261. The van der Waals surface area contributed by atoms with Crippen molar-refractivity contribution in [3.63, 3.8) is 0 Å². The average molecular weight is 279 g/mol. The van der Waals surface area contributed by atoms with Crippen LogP contribution < -0.4 is 4.74 Å². The summed E-state index contributed by atoms with van der Waals surface area (Å²) in [7, 11) is 1.86. The number of halogens is 2. The van der Waals surface area contributed by atoms with Gasteiger partial charge in [-0.2, -0.15) is 4.39 Å². The summed E-state index contributed by atoms with van der Waals surface area (Å²) in [6.45, 7) is 3.38. The number of nitrogens with zero attached hydrogens (tertiary/aromatic N) is 1. The molecule has 2 rings (SSSR count). The van der Waals surface area contributed by atoms with Crippen LogP contribution in [0.5, 0.6) is 5.75 Å². The van der Waals surface area contributed by atoms with Crippen LogP contribution in [0, 0.1) is 25.5 Å². The van der Waals surface area contributed by atoms with E-state index in [1.54, 1.807) is 6.07 Å². The zero-order valence-electron chi connectivity index (χ0n) is 11.5. The van der Waals surface area contributed by atoms with Crippen LogP contribution in [0.2, 0.25) is 0 Å². The SMILES string of the molecule is Cc1cc(C(=O)COc2cccc(F)c2F)c(C)n1C. The van der Waals surface area contributed by atoms with Crippen LogP contribution in [-0.2, 0) is 7.05 Å². The number of benzene rings is 1. The highest BCUT2D eigenvalue weighted by Crippen LogP contribution is 2.20. The minimum atomic E-state index is -1.08. The Hall–Kier alpha value is -2.17. The first-order valence-corrected chi connectivity index (χ1v) is 6.14. The third-order valence-electron chi connectivity index (χ3n) is 3.35. The maximum absolute atomic E-state index is 13.4. The number of aromatic nitrogens is 1. The Morgan fingerprint density at radius 1 is 1.30 bits per heavy atom. The van der Waals surface area contributed by atoms with Gasteiger partial charge >= 0.3 is 0 Å². The highest BCUT2D eigenvalue weighted by atomic mass is 19.2. The third kappa shape index (κ3) is 2.57. The monoisotopic (exact) mass is 279 g/mol. The topological polar surface area (TPSA) is 31.2 Å². The van der Waals surface area contributed by atoms with Crippen molar-refractivity contribution in [2.24, 2.45) is 7.05 Å². The van der Waals surface area contributed by atoms with Gasteiger partial charge in [0.05, 0.1) is 0 Å². The molecular weight excluding hydrogens is 264 g/mol. The van der Waals surface area contributed by atoms with E-state index in [0.29, 0.717) is 5.56 Å². The molecule has 0 saturated heterocycles. The van der Waals surface area contributed by atoms with Crippen molar-refractivity contribution in [1.82, 2.24) is 4.57 Å². The molecule has 106 valence electrons. The van der Waals surface area contributed by atoms with Crippen molar-refractivity contribution in [2.75, 3.05) is 6.61 Å². The normalized spacial score (nSPS) is 10.7. The second kappa shape index (κ2) is 5.45. The molecule has 0 bridgehead atoms. The van der Waals surface area contributed by atoms with E-state index in [-0.39, 0.29) is 18.1 Å². The first-order valence-electron chi connectivity index (χ1n) is 6.14. The Morgan fingerprint density at radius 2 is 2.00 bits per heavy atom. The number of ketones is 1. The van der Waals surface area contributed by atoms with Gasteiger partial charge in [0, 0.05) is 24.0 Å². The highest BCUT2D eigenvalue weighted by molar-refractivity contribution is 5.98. The number of aryl methyl sites for hydroxylation is 1. The van der Waals surface area contributed by atoms with E-state index in [9.17, 15) is 13.6 Å². The van der Waals surface area contributed by atoms with E-state index in [4.69, 9.17) is 4.74 Å². The lowest BCUT2D eigenvalue weighted by atomic mass is 10.1. The van der Waals surface area contributed by atoms with Gasteiger partial charge < -0.3 is 9.30 Å². The lowest BCUT2D eigenvalue weighted by molar-refractivity contribution is 0.0917. The number of carbonyl (C=O) groups is 1. The van der Waals surface area contributed by atoms with Gasteiger partial charge in [0.15, 0.2) is 18.2 Å². The maximum atomic E-state index is 13.4. The fourth-order valence-corrected chi connectivity index (χ4v) is 1.95. The molecule has 0 aliphatic carbocycles. The molecule has 0 radical (unpaired) electrons. The van der Waals surface area contributed by atoms with Crippen LogP contribution in [-0.4, -0.2) is 17.0 Å². The van der Waals surface area contributed by atoms with E-state index in [2.05, 4.69) is 0 Å². The molecule has 0 saturated carbocycles. The number of ether oxygens (including phenoxy) is 1. The summed E-state index contributed by atoms with van der Waals surface area (Å²) >= 11 is 0. The number of hydrogen-bond acceptors (Lipinski definition) is 2. The van der Waals surface area contributed by atoms with Crippen LogP contribution >= 0.6 is 0 Å².